The van der Waals surface area contributed by atoms with Gasteiger partial charge < -0.3 is 14.8 Å². The van der Waals surface area contributed by atoms with E-state index in [2.05, 4.69) is 47.2 Å². The molecule has 0 fully saturated rings. The van der Waals surface area contributed by atoms with Crippen LogP contribution in [0.1, 0.15) is 16.7 Å². The Morgan fingerprint density at radius 3 is 2.10 bits per heavy atom. The Labute approximate surface area is 134 Å². The number of nitrogens with one attached hydrogen (secondary N) is 1. The number of hydrogen-bond acceptors (Lipinski definition) is 3. The van der Waals surface area contributed by atoms with Crippen LogP contribution in [0.4, 0.5) is 5.69 Å². The van der Waals surface area contributed by atoms with Crippen LogP contribution in [0.3, 0.4) is 0 Å². The fourth-order valence-electron chi connectivity index (χ4n) is 2.30. The molecule has 2 rings (SSSR count). The van der Waals surface area contributed by atoms with Crippen molar-refractivity contribution in [3.05, 3.63) is 51.5 Å². The van der Waals surface area contributed by atoms with Gasteiger partial charge in [-0.05, 0) is 64.7 Å². The molecule has 0 aliphatic rings. The topological polar surface area (TPSA) is 30.5 Å². The summed E-state index contributed by atoms with van der Waals surface area (Å²) in [5.74, 6) is 1.59. The van der Waals surface area contributed by atoms with Gasteiger partial charge in [0.15, 0.2) is 0 Å². The van der Waals surface area contributed by atoms with Crippen molar-refractivity contribution in [2.75, 3.05) is 19.5 Å². The van der Waals surface area contributed by atoms with Crippen LogP contribution < -0.4 is 14.8 Å². The second-order valence-electron chi connectivity index (χ2n) is 5.01. The molecule has 3 nitrogen and oxygen atoms in total. The molecule has 0 aliphatic carbocycles. The summed E-state index contributed by atoms with van der Waals surface area (Å²) in [4.78, 5) is 0. The van der Waals surface area contributed by atoms with Gasteiger partial charge in [-0.3, -0.25) is 0 Å². The molecule has 0 bridgehead atoms. The number of hydrogen-bond donors (Lipinski definition) is 1. The van der Waals surface area contributed by atoms with Gasteiger partial charge in [-0.25, -0.2) is 0 Å². The fraction of sp³-hybridized carbons (Fsp3) is 0.294. The Kier molecular flexibility index (Phi) is 5.12. The predicted molar refractivity (Wildman–Crippen MR) is 90.5 cm³/mol. The molecule has 0 saturated heterocycles. The molecule has 0 amide bonds. The third-order valence-electron chi connectivity index (χ3n) is 3.31. The second kappa shape index (κ2) is 6.85. The molecule has 0 spiro atoms. The lowest BCUT2D eigenvalue weighted by molar-refractivity contribution is 0.393. The summed E-state index contributed by atoms with van der Waals surface area (Å²) in [5, 5.41) is 3.47. The number of aryl methyl sites for hydroxylation is 2. The highest BCUT2D eigenvalue weighted by Gasteiger charge is 2.06. The summed E-state index contributed by atoms with van der Waals surface area (Å²) >= 11 is 3.62. The molecule has 2 aromatic rings. The van der Waals surface area contributed by atoms with Crippen LogP contribution in [0.5, 0.6) is 11.5 Å². The first-order chi connectivity index (χ1) is 10.0. The molecule has 0 aliphatic heterocycles. The highest BCUT2D eigenvalue weighted by Crippen LogP contribution is 2.29. The molecule has 0 heterocycles. The van der Waals surface area contributed by atoms with Gasteiger partial charge in [0.25, 0.3) is 0 Å². The van der Waals surface area contributed by atoms with E-state index in [0.717, 1.165) is 27.2 Å². The lowest BCUT2D eigenvalue weighted by atomic mass is 10.1. The molecule has 0 aromatic heterocycles. The number of halogens is 1. The van der Waals surface area contributed by atoms with Gasteiger partial charge in [0.1, 0.15) is 11.5 Å². The molecule has 21 heavy (non-hydrogen) atoms. The zero-order valence-electron chi connectivity index (χ0n) is 12.8. The Balaban J connectivity index is 2.20. The van der Waals surface area contributed by atoms with Crippen LogP contribution in [0.15, 0.2) is 34.8 Å². The number of methoxy groups -OCH3 is 2. The molecule has 4 heteroatoms. The smallest absolute Gasteiger partial charge is 0.122 e. The second-order valence-corrected chi connectivity index (χ2v) is 5.87. The van der Waals surface area contributed by atoms with Crippen LogP contribution in [0, 0.1) is 13.8 Å². The van der Waals surface area contributed by atoms with Gasteiger partial charge in [0.05, 0.1) is 19.9 Å². The van der Waals surface area contributed by atoms with Crippen molar-refractivity contribution in [1.82, 2.24) is 0 Å². The Morgan fingerprint density at radius 1 is 0.952 bits per heavy atom. The molecular weight excluding hydrogens is 330 g/mol. The molecule has 0 atom stereocenters. The number of rotatable bonds is 5. The normalized spacial score (nSPS) is 10.3. The highest BCUT2D eigenvalue weighted by atomic mass is 79.9. The lowest BCUT2D eigenvalue weighted by Gasteiger charge is -2.14. The zero-order chi connectivity index (χ0) is 15.4. The third-order valence-corrected chi connectivity index (χ3v) is 3.94. The molecule has 0 unspecified atom stereocenters. The van der Waals surface area contributed by atoms with Crippen LogP contribution in [-0.4, -0.2) is 14.2 Å². The average molecular weight is 350 g/mol. The van der Waals surface area contributed by atoms with Gasteiger partial charge in [0.2, 0.25) is 0 Å². The summed E-state index contributed by atoms with van der Waals surface area (Å²) in [5.41, 5.74) is 4.69. The summed E-state index contributed by atoms with van der Waals surface area (Å²) < 4.78 is 11.7. The van der Waals surface area contributed by atoms with Gasteiger partial charge in [-0.2, -0.15) is 0 Å². The van der Waals surface area contributed by atoms with Crippen molar-refractivity contribution in [2.45, 2.75) is 20.4 Å². The van der Waals surface area contributed by atoms with Crippen LogP contribution in [-0.2, 0) is 6.54 Å². The van der Waals surface area contributed by atoms with Gasteiger partial charge in [0, 0.05) is 17.1 Å². The maximum absolute atomic E-state index is 5.30. The first-order valence-electron chi connectivity index (χ1n) is 6.76. The summed E-state index contributed by atoms with van der Waals surface area (Å²) in [6.45, 7) is 4.90. The quantitative estimate of drug-likeness (QED) is 0.848. The minimum absolute atomic E-state index is 0.704. The van der Waals surface area contributed by atoms with E-state index in [-0.39, 0.29) is 0 Å². The summed E-state index contributed by atoms with van der Waals surface area (Å²) in [6.07, 6.45) is 0. The number of benzene rings is 2. The summed E-state index contributed by atoms with van der Waals surface area (Å²) in [7, 11) is 3.32. The van der Waals surface area contributed by atoms with E-state index in [1.165, 1.54) is 11.1 Å². The van der Waals surface area contributed by atoms with Crippen molar-refractivity contribution in [3.63, 3.8) is 0 Å². The molecule has 0 saturated carbocycles. The van der Waals surface area contributed by atoms with E-state index in [0.29, 0.717) is 6.54 Å². The predicted octanol–water partition coefficient (Wildman–Crippen LogP) is 4.70. The fourth-order valence-corrected chi connectivity index (χ4v) is 3.11. The van der Waals surface area contributed by atoms with Crippen molar-refractivity contribution >= 4 is 21.6 Å². The lowest BCUT2D eigenvalue weighted by Crippen LogP contribution is -2.03. The van der Waals surface area contributed by atoms with E-state index in [1.54, 1.807) is 14.2 Å². The monoisotopic (exact) mass is 349 g/mol. The minimum Gasteiger partial charge on any atom is -0.497 e. The Bertz CT molecular complexity index is 595. The van der Waals surface area contributed by atoms with Gasteiger partial charge in [-0.15, -0.1) is 0 Å². The number of anilines is 1. The van der Waals surface area contributed by atoms with Crippen LogP contribution in [0.25, 0.3) is 0 Å². The molecule has 0 radical (unpaired) electrons. The highest BCUT2D eigenvalue weighted by molar-refractivity contribution is 9.10. The molecule has 2 aromatic carbocycles. The zero-order valence-corrected chi connectivity index (χ0v) is 14.4. The van der Waals surface area contributed by atoms with Crippen molar-refractivity contribution in [3.8, 4) is 11.5 Å². The Morgan fingerprint density at radius 2 is 1.57 bits per heavy atom. The van der Waals surface area contributed by atoms with Gasteiger partial charge >= 0.3 is 0 Å². The van der Waals surface area contributed by atoms with E-state index < -0.39 is 0 Å². The third kappa shape index (κ3) is 3.91. The Hall–Kier alpha value is -1.68. The number of ether oxygens (including phenoxy) is 2. The van der Waals surface area contributed by atoms with Crippen LogP contribution in [0.2, 0.25) is 0 Å². The van der Waals surface area contributed by atoms with E-state index in [9.17, 15) is 0 Å². The first kappa shape index (κ1) is 15.7. The maximum atomic E-state index is 5.30. The molecular formula is C17H20BrNO2. The van der Waals surface area contributed by atoms with Crippen LogP contribution >= 0.6 is 15.9 Å². The first-order valence-corrected chi connectivity index (χ1v) is 7.55. The standard InChI is InChI=1S/C17H20BrNO2/c1-11-5-12(2)17(16(18)6-11)19-10-13-7-14(20-3)9-15(8-13)21-4/h5-9,19H,10H2,1-4H3. The van der Waals surface area contributed by atoms with Crippen molar-refractivity contribution in [2.24, 2.45) is 0 Å². The van der Waals surface area contributed by atoms with E-state index in [4.69, 9.17) is 9.47 Å². The van der Waals surface area contributed by atoms with Crippen molar-refractivity contribution < 1.29 is 9.47 Å². The SMILES string of the molecule is COc1cc(CNc2c(C)cc(C)cc2Br)cc(OC)c1. The molecule has 112 valence electrons. The maximum Gasteiger partial charge on any atom is 0.122 e. The van der Waals surface area contributed by atoms with Gasteiger partial charge in [-0.1, -0.05) is 6.07 Å². The largest absolute Gasteiger partial charge is 0.497 e. The van der Waals surface area contributed by atoms with E-state index >= 15 is 0 Å². The molecule has 1 N–H and O–H groups in total. The van der Waals surface area contributed by atoms with E-state index in [1.807, 2.05) is 18.2 Å². The minimum atomic E-state index is 0.704. The average Bonchev–Trinajstić information content (AvgIpc) is 2.45. The summed E-state index contributed by atoms with van der Waals surface area (Å²) in [6, 6.07) is 10.2. The van der Waals surface area contributed by atoms with Crippen molar-refractivity contribution in [1.29, 1.82) is 0 Å².